The van der Waals surface area contributed by atoms with E-state index in [1.54, 1.807) is 31.4 Å². The smallest absolute Gasteiger partial charge is 0.253 e. The van der Waals surface area contributed by atoms with E-state index in [0.717, 1.165) is 48.8 Å². The number of amides is 1. The Bertz CT molecular complexity index is 1280. The van der Waals surface area contributed by atoms with Crippen LogP contribution in [0.4, 0.5) is 0 Å². The molecule has 0 saturated carbocycles. The number of halogens is 1. The van der Waals surface area contributed by atoms with Crippen LogP contribution in [0.5, 0.6) is 5.75 Å². The summed E-state index contributed by atoms with van der Waals surface area (Å²) in [6, 6.07) is 21.4. The van der Waals surface area contributed by atoms with Gasteiger partial charge in [-0.1, -0.05) is 54.9 Å². The molecule has 0 spiro atoms. The van der Waals surface area contributed by atoms with Crippen LogP contribution in [0.15, 0.2) is 66.7 Å². The molecule has 1 unspecified atom stereocenters. The summed E-state index contributed by atoms with van der Waals surface area (Å²) in [5, 5.41) is 13.3. The van der Waals surface area contributed by atoms with Gasteiger partial charge in [-0.05, 0) is 85.5 Å². The van der Waals surface area contributed by atoms with E-state index < -0.39 is 5.60 Å². The molecule has 3 aromatic carbocycles. The number of hydrogen-bond acceptors (Lipinski definition) is 5. The average molecular weight is 579 g/mol. The number of piperidine rings is 1. The van der Waals surface area contributed by atoms with Crippen molar-refractivity contribution < 1.29 is 19.4 Å². The Hall–Kier alpha value is -2.90. The Morgan fingerprint density at radius 2 is 1.88 bits per heavy atom. The third-order valence-electron chi connectivity index (χ3n) is 8.13. The van der Waals surface area contributed by atoms with Gasteiger partial charge in [0.05, 0.1) is 5.60 Å². The number of nitrogens with two attached hydrogens (primary N) is 1. The summed E-state index contributed by atoms with van der Waals surface area (Å²) in [5.74, 6) is 0.500. The van der Waals surface area contributed by atoms with Crippen LogP contribution in [0.3, 0.4) is 0 Å². The quantitative estimate of drug-likeness (QED) is 0.227. The van der Waals surface area contributed by atoms with Crippen molar-refractivity contribution in [1.29, 1.82) is 0 Å². The number of carbonyl (C=O) groups is 1. The van der Waals surface area contributed by atoms with Crippen LogP contribution in [0.2, 0.25) is 5.02 Å². The standard InChI is InChI=1S/C34H43ClN2O4/c1-3-25-9-6-10-27(23-25)32-30(12-7-13-31(32)35)34(39,18-4-5-21-40-2)28-11-8-20-37(24-28)33(38)26-14-16-29(17-15-26)41-22-19-36/h6-7,9-10,12-17,23,28,39H,3-5,8,11,18-22,24,36H2,1-2H3/t28?,34-/m0/s1. The number of nitrogens with zero attached hydrogens (tertiary/aromatic N) is 1. The lowest BCUT2D eigenvalue weighted by molar-refractivity contribution is -0.0574. The number of ether oxygens (including phenoxy) is 2. The van der Waals surface area contributed by atoms with Gasteiger partial charge in [-0.3, -0.25) is 4.79 Å². The van der Waals surface area contributed by atoms with Gasteiger partial charge < -0.3 is 25.2 Å². The van der Waals surface area contributed by atoms with E-state index in [0.29, 0.717) is 55.6 Å². The first-order chi connectivity index (χ1) is 19.9. The number of aliphatic hydroxyl groups is 1. The van der Waals surface area contributed by atoms with Crippen molar-refractivity contribution >= 4 is 17.5 Å². The zero-order valence-electron chi connectivity index (χ0n) is 24.3. The minimum atomic E-state index is -1.17. The first-order valence-electron chi connectivity index (χ1n) is 14.7. The predicted octanol–water partition coefficient (Wildman–Crippen LogP) is 6.46. The Labute approximate surface area is 249 Å². The SMILES string of the molecule is CCc1cccc(-c2c(Cl)cccc2[C@](O)(CCCCOC)C2CCCN(C(=O)c3ccc(OCCN)cc3)C2)c1. The van der Waals surface area contributed by atoms with Crippen LogP contribution >= 0.6 is 11.6 Å². The second kappa shape index (κ2) is 14.8. The highest BCUT2D eigenvalue weighted by Crippen LogP contribution is 2.46. The fraction of sp³-hybridized carbons (Fsp3) is 0.441. The van der Waals surface area contributed by atoms with Crippen LogP contribution in [-0.4, -0.2) is 55.9 Å². The molecule has 1 saturated heterocycles. The number of methoxy groups -OCH3 is 1. The molecular formula is C34H43ClN2O4. The van der Waals surface area contributed by atoms with Crippen molar-refractivity contribution in [3.8, 4) is 16.9 Å². The number of aryl methyl sites for hydroxylation is 1. The van der Waals surface area contributed by atoms with Crippen LogP contribution in [0.25, 0.3) is 11.1 Å². The lowest BCUT2D eigenvalue weighted by atomic mass is 9.72. The highest BCUT2D eigenvalue weighted by Gasteiger charge is 2.43. The summed E-state index contributed by atoms with van der Waals surface area (Å²) < 4.78 is 10.9. The number of hydrogen-bond donors (Lipinski definition) is 2. The molecular weight excluding hydrogens is 536 g/mol. The molecule has 1 fully saturated rings. The minimum absolute atomic E-state index is 0.0382. The molecule has 0 radical (unpaired) electrons. The predicted molar refractivity (Wildman–Crippen MR) is 166 cm³/mol. The molecule has 2 atom stereocenters. The molecule has 0 aliphatic carbocycles. The van der Waals surface area contributed by atoms with E-state index in [1.807, 2.05) is 29.2 Å². The summed E-state index contributed by atoms with van der Waals surface area (Å²) in [7, 11) is 1.70. The van der Waals surface area contributed by atoms with Gasteiger partial charge in [-0.2, -0.15) is 0 Å². The highest BCUT2D eigenvalue weighted by atomic mass is 35.5. The zero-order valence-corrected chi connectivity index (χ0v) is 25.0. The number of likely N-dealkylation sites (tertiary alicyclic amines) is 1. The molecule has 1 heterocycles. The monoisotopic (exact) mass is 578 g/mol. The van der Waals surface area contributed by atoms with Crippen molar-refractivity contribution in [1.82, 2.24) is 4.90 Å². The maximum Gasteiger partial charge on any atom is 0.253 e. The summed E-state index contributed by atoms with van der Waals surface area (Å²) in [5.41, 5.74) is 8.88. The summed E-state index contributed by atoms with van der Waals surface area (Å²) >= 11 is 6.88. The zero-order chi connectivity index (χ0) is 29.2. The molecule has 4 rings (SSSR count). The number of carbonyl (C=O) groups excluding carboxylic acids is 1. The van der Waals surface area contributed by atoms with E-state index >= 15 is 0 Å². The molecule has 3 N–H and O–H groups in total. The largest absolute Gasteiger partial charge is 0.492 e. The molecule has 3 aromatic rings. The van der Waals surface area contributed by atoms with E-state index in [9.17, 15) is 9.90 Å². The first-order valence-corrected chi connectivity index (χ1v) is 15.1. The van der Waals surface area contributed by atoms with Crippen molar-refractivity contribution in [2.75, 3.05) is 40.0 Å². The fourth-order valence-corrected chi connectivity index (χ4v) is 6.21. The molecule has 1 aliphatic rings. The van der Waals surface area contributed by atoms with E-state index in [-0.39, 0.29) is 11.8 Å². The number of rotatable bonds is 13. The number of benzene rings is 3. The third kappa shape index (κ3) is 7.49. The van der Waals surface area contributed by atoms with Crippen molar-refractivity contribution in [2.45, 2.75) is 51.0 Å². The normalized spacial score (nSPS) is 16.8. The highest BCUT2D eigenvalue weighted by molar-refractivity contribution is 6.33. The average Bonchev–Trinajstić information content (AvgIpc) is 3.02. The molecule has 0 bridgehead atoms. The van der Waals surface area contributed by atoms with Crippen LogP contribution < -0.4 is 10.5 Å². The summed E-state index contributed by atoms with van der Waals surface area (Å²) in [4.78, 5) is 15.5. The molecule has 6 nitrogen and oxygen atoms in total. The van der Waals surface area contributed by atoms with Crippen LogP contribution in [0.1, 0.15) is 60.5 Å². The minimum Gasteiger partial charge on any atom is -0.492 e. The van der Waals surface area contributed by atoms with Gasteiger partial charge in [0, 0.05) is 55.4 Å². The van der Waals surface area contributed by atoms with Gasteiger partial charge in [0.15, 0.2) is 0 Å². The Morgan fingerprint density at radius 3 is 2.61 bits per heavy atom. The molecule has 1 aliphatic heterocycles. The second-order valence-electron chi connectivity index (χ2n) is 10.8. The van der Waals surface area contributed by atoms with Gasteiger partial charge >= 0.3 is 0 Å². The summed E-state index contributed by atoms with van der Waals surface area (Å²) in [6.07, 6.45) is 4.73. The Kier molecular flexibility index (Phi) is 11.2. The van der Waals surface area contributed by atoms with E-state index in [2.05, 4.69) is 25.1 Å². The van der Waals surface area contributed by atoms with E-state index in [4.69, 9.17) is 26.8 Å². The molecule has 0 aromatic heterocycles. The topological polar surface area (TPSA) is 85.0 Å². The Morgan fingerprint density at radius 1 is 1.10 bits per heavy atom. The lowest BCUT2D eigenvalue weighted by Gasteiger charge is -2.44. The lowest BCUT2D eigenvalue weighted by Crippen LogP contribution is -2.48. The maximum absolute atomic E-state index is 13.6. The first kappa shape index (κ1) is 31.0. The van der Waals surface area contributed by atoms with Gasteiger partial charge in [0.2, 0.25) is 0 Å². The molecule has 7 heteroatoms. The third-order valence-corrected chi connectivity index (χ3v) is 8.45. The van der Waals surface area contributed by atoms with Gasteiger partial charge in [-0.15, -0.1) is 0 Å². The van der Waals surface area contributed by atoms with Gasteiger partial charge in [-0.25, -0.2) is 0 Å². The maximum atomic E-state index is 13.6. The Balaban J connectivity index is 1.67. The second-order valence-corrected chi connectivity index (χ2v) is 11.2. The molecule has 41 heavy (non-hydrogen) atoms. The van der Waals surface area contributed by atoms with Gasteiger partial charge in [0.1, 0.15) is 12.4 Å². The van der Waals surface area contributed by atoms with Crippen molar-refractivity contribution in [3.63, 3.8) is 0 Å². The van der Waals surface area contributed by atoms with Gasteiger partial charge in [0.25, 0.3) is 5.91 Å². The molecule has 220 valence electrons. The van der Waals surface area contributed by atoms with E-state index in [1.165, 1.54) is 5.56 Å². The van der Waals surface area contributed by atoms with Crippen LogP contribution in [-0.2, 0) is 16.8 Å². The molecule has 1 amide bonds. The van der Waals surface area contributed by atoms with Crippen molar-refractivity contribution in [3.05, 3.63) is 88.4 Å². The fourth-order valence-electron chi connectivity index (χ4n) is 5.93. The number of unbranched alkanes of at least 4 members (excludes halogenated alkanes) is 1. The van der Waals surface area contributed by atoms with Crippen molar-refractivity contribution in [2.24, 2.45) is 11.7 Å². The summed E-state index contributed by atoms with van der Waals surface area (Å²) in [6.45, 7) is 4.75. The van der Waals surface area contributed by atoms with Crippen LogP contribution in [0, 0.1) is 5.92 Å².